The Kier molecular flexibility index (Phi) is 18.9. The number of hydrogen-bond donors (Lipinski definition) is 5. The van der Waals surface area contributed by atoms with Gasteiger partial charge in [-0.15, -0.1) is 21.5 Å². The van der Waals surface area contributed by atoms with Crippen LogP contribution in [0.1, 0.15) is 126 Å². The molecule has 0 aliphatic heterocycles. The third kappa shape index (κ3) is 14.7. The van der Waals surface area contributed by atoms with Crippen molar-refractivity contribution < 1.29 is 38.6 Å². The molecule has 1 saturated carbocycles. The summed E-state index contributed by atoms with van der Waals surface area (Å²) in [5.41, 5.74) is 13.9. The molecule has 72 heavy (non-hydrogen) atoms. The minimum Gasteiger partial charge on any atom is -0.507 e. The number of aliphatic hydroxyl groups is 1. The van der Waals surface area contributed by atoms with Crippen LogP contribution < -0.4 is 25.8 Å². The number of aromatic hydroxyl groups is 1. The van der Waals surface area contributed by atoms with E-state index >= 15 is 0 Å². The Morgan fingerprint density at radius 2 is 1.62 bits per heavy atom. The van der Waals surface area contributed by atoms with E-state index in [-0.39, 0.29) is 54.0 Å². The Morgan fingerprint density at radius 1 is 0.903 bits per heavy atom. The maximum atomic E-state index is 14.0. The molecule has 1 fully saturated rings. The van der Waals surface area contributed by atoms with Crippen molar-refractivity contribution in [2.24, 2.45) is 23.7 Å². The number of carbonyl (C=O) groups is 3. The average Bonchev–Trinajstić information content (AvgIpc) is 4.03. The number of nitrogens with one attached hydrogen (secondary N) is 2. The summed E-state index contributed by atoms with van der Waals surface area (Å²) in [6.07, 6.45) is 5.83. The van der Waals surface area contributed by atoms with Crippen LogP contribution >= 0.6 is 11.3 Å². The van der Waals surface area contributed by atoms with Crippen LogP contribution in [-0.4, -0.2) is 67.5 Å². The number of nitrogen functional groups attached to an aromatic ring is 1. The van der Waals surface area contributed by atoms with Crippen molar-refractivity contribution in [2.75, 3.05) is 18.9 Å². The van der Waals surface area contributed by atoms with E-state index in [0.29, 0.717) is 79.5 Å². The SMILES string of the molecule is CC[C@H](O)C[C@H](CC(=O)[C@@H](c1cc(OCCC2CCC(CC(=O)NCc3ccc(CCOc4cc(-c5ccccc5O)nnc4N)cc3)CC2)no1)C(C)C)C(=O)N[C@@H](C)c1ccc(-c2scnc2C)cc1. The Hall–Kier alpha value is -6.65. The number of nitrogens with zero attached hydrogens (tertiary/aromatic N) is 4. The van der Waals surface area contributed by atoms with E-state index in [4.69, 9.17) is 19.7 Å². The van der Waals surface area contributed by atoms with Gasteiger partial charge in [-0.25, -0.2) is 4.98 Å². The van der Waals surface area contributed by atoms with E-state index in [0.717, 1.165) is 64.9 Å². The highest BCUT2D eigenvalue weighted by Gasteiger charge is 2.34. The van der Waals surface area contributed by atoms with Crippen molar-refractivity contribution in [3.63, 3.8) is 0 Å². The molecule has 0 spiro atoms. The van der Waals surface area contributed by atoms with Gasteiger partial charge in [0.05, 0.1) is 47.4 Å². The summed E-state index contributed by atoms with van der Waals surface area (Å²) in [5.74, 6) is 0.331. The number of rotatable bonds is 25. The molecule has 6 aromatic rings. The number of Topliss-reactive ketones (excluding diaryl/α,β-unsaturated/α-hetero) is 1. The zero-order chi connectivity index (χ0) is 51.1. The zero-order valence-corrected chi connectivity index (χ0v) is 42.8. The van der Waals surface area contributed by atoms with Gasteiger partial charge in [0.15, 0.2) is 17.3 Å². The Labute approximate surface area is 426 Å². The highest BCUT2D eigenvalue weighted by Crippen LogP contribution is 2.35. The van der Waals surface area contributed by atoms with Gasteiger partial charge in [-0.1, -0.05) is 94.3 Å². The molecular weight excluding hydrogens is 931 g/mol. The summed E-state index contributed by atoms with van der Waals surface area (Å²) >= 11 is 1.59. The Bertz CT molecular complexity index is 2700. The fourth-order valence-electron chi connectivity index (χ4n) is 9.42. The highest BCUT2D eigenvalue weighted by atomic mass is 32.1. The minimum atomic E-state index is -0.727. The fraction of sp³-hybridized carbons (Fsp3) is 0.446. The van der Waals surface area contributed by atoms with Crippen molar-refractivity contribution in [3.8, 4) is 39.1 Å². The van der Waals surface area contributed by atoms with Gasteiger partial charge in [0.25, 0.3) is 5.88 Å². The van der Waals surface area contributed by atoms with Crippen molar-refractivity contribution >= 4 is 34.8 Å². The van der Waals surface area contributed by atoms with Crippen molar-refractivity contribution in [1.29, 1.82) is 0 Å². The molecule has 1 aliphatic rings. The molecule has 382 valence electrons. The zero-order valence-electron chi connectivity index (χ0n) is 42.0. The lowest BCUT2D eigenvalue weighted by Gasteiger charge is -2.28. The average molecular weight is 1000 g/mol. The molecule has 3 aromatic carbocycles. The maximum Gasteiger partial charge on any atom is 0.254 e. The van der Waals surface area contributed by atoms with E-state index in [1.807, 2.05) is 94.7 Å². The molecular formula is C56H69N7O8S. The number of ether oxygens (including phenoxy) is 2. The topological polar surface area (TPSA) is 225 Å². The maximum absolute atomic E-state index is 14.0. The normalized spacial score (nSPS) is 16.4. The van der Waals surface area contributed by atoms with E-state index in [1.165, 1.54) is 0 Å². The number of aryl methyl sites for hydroxylation is 1. The summed E-state index contributed by atoms with van der Waals surface area (Å²) in [5, 5.41) is 39.3. The Morgan fingerprint density at radius 3 is 2.32 bits per heavy atom. The molecule has 2 amide bonds. The first-order valence-electron chi connectivity index (χ1n) is 25.2. The lowest BCUT2D eigenvalue weighted by atomic mass is 9.79. The van der Waals surface area contributed by atoms with Crippen LogP contribution in [-0.2, 0) is 27.3 Å². The first-order valence-corrected chi connectivity index (χ1v) is 26.1. The first-order chi connectivity index (χ1) is 34.7. The second-order valence-corrected chi connectivity index (χ2v) is 20.3. The van der Waals surface area contributed by atoms with Gasteiger partial charge in [0.1, 0.15) is 17.2 Å². The summed E-state index contributed by atoms with van der Waals surface area (Å²) in [7, 11) is 0. The van der Waals surface area contributed by atoms with E-state index in [1.54, 1.807) is 41.7 Å². The third-order valence-electron chi connectivity index (χ3n) is 13.8. The van der Waals surface area contributed by atoms with Crippen molar-refractivity contribution in [1.82, 2.24) is 31.0 Å². The number of carbonyl (C=O) groups excluding carboxylic acids is 3. The van der Waals surface area contributed by atoms with Gasteiger partial charge >= 0.3 is 0 Å². The largest absolute Gasteiger partial charge is 0.507 e. The summed E-state index contributed by atoms with van der Waals surface area (Å²) in [6.45, 7) is 10.9. The van der Waals surface area contributed by atoms with Gasteiger partial charge in [-0.2, -0.15) is 0 Å². The monoisotopic (exact) mass is 999 g/mol. The molecule has 0 unspecified atom stereocenters. The number of phenols is 1. The van der Waals surface area contributed by atoms with Crippen LogP contribution in [0.15, 0.2) is 95.0 Å². The molecule has 0 saturated heterocycles. The number of thiazole rings is 1. The number of hydrogen-bond acceptors (Lipinski definition) is 14. The molecule has 16 heteroatoms. The quantitative estimate of drug-likeness (QED) is 0.0360. The van der Waals surface area contributed by atoms with Gasteiger partial charge in [-0.3, -0.25) is 14.4 Å². The van der Waals surface area contributed by atoms with Crippen molar-refractivity contribution in [2.45, 2.75) is 123 Å². The van der Waals surface area contributed by atoms with Crippen LogP contribution in [0.2, 0.25) is 0 Å². The standard InChI is InChI=1S/C56H69N7O8S/c1-6-44(64)28-43(56(68)60-35(4)41-19-21-42(22-20-41)54-36(5)59-33-72-54)29-48(66)53(34(2)3)49-31-52(63-71-49)70-26-24-37-11-15-39(16-12-37)27-51(67)58-32-40-17-13-38(14-18-40)23-25-69-50-30-46(61-62-55(50)57)45-9-7-8-10-47(45)65/h7-10,13-14,17-22,30-31,33-35,37,39,43-44,53,64-65H,6,11-12,15-16,23-29,32H2,1-5H3,(H2,57,62)(H,58,67)(H,60,68)/t35-,37?,39?,43+,44-,53-/m0/s1. The third-order valence-corrected chi connectivity index (χ3v) is 14.8. The Balaban J connectivity index is 0.800. The molecule has 7 rings (SSSR count). The molecule has 0 radical (unpaired) electrons. The lowest BCUT2D eigenvalue weighted by Crippen LogP contribution is -2.36. The molecule has 15 nitrogen and oxygen atoms in total. The summed E-state index contributed by atoms with van der Waals surface area (Å²) in [4.78, 5) is 46.2. The van der Waals surface area contributed by atoms with E-state index in [2.05, 4.69) is 31.0 Å². The number of ketones is 1. The number of aliphatic hydroxyl groups excluding tert-OH is 1. The molecule has 6 N–H and O–H groups in total. The molecule has 3 heterocycles. The number of nitrogens with two attached hydrogens (primary N) is 1. The summed E-state index contributed by atoms with van der Waals surface area (Å²) < 4.78 is 17.7. The number of amides is 2. The molecule has 1 aliphatic carbocycles. The predicted molar refractivity (Wildman–Crippen MR) is 278 cm³/mol. The van der Waals surface area contributed by atoms with Crippen LogP contribution in [0, 0.1) is 30.6 Å². The van der Waals surface area contributed by atoms with Crippen molar-refractivity contribution in [3.05, 3.63) is 119 Å². The van der Waals surface area contributed by atoms with Crippen LogP contribution in [0.4, 0.5) is 5.82 Å². The summed E-state index contributed by atoms with van der Waals surface area (Å²) in [6, 6.07) is 26.1. The smallest absolute Gasteiger partial charge is 0.254 e. The minimum absolute atomic E-state index is 0.0507. The number of para-hydroxylation sites is 1. The predicted octanol–water partition coefficient (Wildman–Crippen LogP) is 10.1. The fourth-order valence-corrected chi connectivity index (χ4v) is 10.2. The van der Waals surface area contributed by atoms with Crippen LogP contribution in [0.5, 0.6) is 17.4 Å². The number of aromatic nitrogens is 4. The van der Waals surface area contributed by atoms with Gasteiger partial charge < -0.3 is 40.6 Å². The van der Waals surface area contributed by atoms with Crippen LogP contribution in [0.25, 0.3) is 21.7 Å². The molecule has 4 atom stereocenters. The highest BCUT2D eigenvalue weighted by molar-refractivity contribution is 7.13. The second-order valence-electron chi connectivity index (χ2n) is 19.5. The van der Waals surface area contributed by atoms with Gasteiger partial charge in [-0.05, 0) is 103 Å². The first kappa shape index (κ1) is 53.2. The second kappa shape index (κ2) is 25.6. The van der Waals surface area contributed by atoms with Gasteiger partial charge in [0, 0.05) is 49.4 Å². The number of benzene rings is 3. The number of phenolic OH excluding ortho intramolecular Hbond substituents is 1. The number of anilines is 1. The van der Waals surface area contributed by atoms with E-state index < -0.39 is 17.9 Å². The van der Waals surface area contributed by atoms with Crippen LogP contribution in [0.3, 0.4) is 0 Å². The molecule has 3 aromatic heterocycles. The van der Waals surface area contributed by atoms with Gasteiger partial charge in [0.2, 0.25) is 11.8 Å². The lowest BCUT2D eigenvalue weighted by molar-refractivity contribution is -0.132. The molecule has 0 bridgehead atoms. The van der Waals surface area contributed by atoms with E-state index in [9.17, 15) is 24.6 Å².